The van der Waals surface area contributed by atoms with Crippen LogP contribution in [-0.4, -0.2) is 59.5 Å². The molecule has 0 spiro atoms. The molecule has 1 saturated heterocycles. The van der Waals surface area contributed by atoms with Crippen LogP contribution in [0.4, 0.5) is 0 Å². The Morgan fingerprint density at radius 3 is 2.38 bits per heavy atom. The number of sulfonamides is 1. The molecule has 29 heavy (non-hydrogen) atoms. The summed E-state index contributed by atoms with van der Waals surface area (Å²) >= 11 is 12.1. The van der Waals surface area contributed by atoms with Crippen LogP contribution in [0.25, 0.3) is 0 Å². The van der Waals surface area contributed by atoms with E-state index in [1.165, 1.54) is 10.4 Å². The van der Waals surface area contributed by atoms with Crippen molar-refractivity contribution in [3.63, 3.8) is 0 Å². The first kappa shape index (κ1) is 22.1. The summed E-state index contributed by atoms with van der Waals surface area (Å²) in [5, 5.41) is 4.60. The molecule has 1 aliphatic rings. The number of aryl methyl sites for hydroxylation is 2. The Bertz CT molecular complexity index is 1030. The molecule has 1 amide bonds. The zero-order chi connectivity index (χ0) is 21.3. The summed E-state index contributed by atoms with van der Waals surface area (Å²) in [6.07, 6.45) is 1.00. The van der Waals surface area contributed by atoms with E-state index in [-0.39, 0.29) is 33.9 Å². The van der Waals surface area contributed by atoms with Gasteiger partial charge in [-0.15, -0.1) is 0 Å². The molecular weight excluding hydrogens is 435 g/mol. The molecule has 10 heteroatoms. The Kier molecular flexibility index (Phi) is 6.57. The van der Waals surface area contributed by atoms with E-state index in [0.717, 1.165) is 17.0 Å². The highest BCUT2D eigenvalue weighted by atomic mass is 35.5. The molecule has 0 bridgehead atoms. The fraction of sp³-hybridized carbons (Fsp3) is 0.474. The molecule has 1 aromatic carbocycles. The van der Waals surface area contributed by atoms with Crippen molar-refractivity contribution in [2.24, 2.45) is 7.05 Å². The molecule has 2 aromatic rings. The number of carbonyl (C=O) groups excluding carboxylic acids is 1. The lowest BCUT2D eigenvalue weighted by Crippen LogP contribution is -2.50. The Hall–Kier alpha value is -1.61. The van der Waals surface area contributed by atoms with Gasteiger partial charge in [0.1, 0.15) is 4.90 Å². The number of hydrogen-bond donors (Lipinski definition) is 0. The van der Waals surface area contributed by atoms with E-state index >= 15 is 0 Å². The minimum atomic E-state index is -3.76. The molecule has 1 aromatic heterocycles. The van der Waals surface area contributed by atoms with Crippen molar-refractivity contribution in [2.45, 2.75) is 31.6 Å². The maximum Gasteiger partial charge on any atom is 0.244 e. The maximum absolute atomic E-state index is 12.9. The van der Waals surface area contributed by atoms with Crippen molar-refractivity contribution in [3.8, 4) is 0 Å². The van der Waals surface area contributed by atoms with Gasteiger partial charge in [0.05, 0.1) is 15.7 Å². The summed E-state index contributed by atoms with van der Waals surface area (Å²) in [4.78, 5) is 14.3. The summed E-state index contributed by atoms with van der Waals surface area (Å²) < 4.78 is 29.0. The number of benzene rings is 1. The summed E-state index contributed by atoms with van der Waals surface area (Å²) in [5.74, 6) is 0.0190. The van der Waals surface area contributed by atoms with Gasteiger partial charge in [-0.3, -0.25) is 9.48 Å². The van der Waals surface area contributed by atoms with E-state index in [1.807, 2.05) is 25.6 Å². The molecule has 0 radical (unpaired) electrons. The zero-order valence-electron chi connectivity index (χ0n) is 16.7. The molecule has 0 unspecified atom stereocenters. The lowest BCUT2D eigenvalue weighted by Gasteiger charge is -2.34. The predicted molar refractivity (Wildman–Crippen MR) is 113 cm³/mol. The zero-order valence-corrected chi connectivity index (χ0v) is 19.0. The van der Waals surface area contributed by atoms with Crippen molar-refractivity contribution in [3.05, 3.63) is 45.2 Å². The molecule has 7 nitrogen and oxygen atoms in total. The smallest absolute Gasteiger partial charge is 0.244 e. The third kappa shape index (κ3) is 4.45. The van der Waals surface area contributed by atoms with Crippen LogP contribution in [0, 0.1) is 13.8 Å². The van der Waals surface area contributed by atoms with Crippen molar-refractivity contribution in [1.29, 1.82) is 0 Å². The van der Waals surface area contributed by atoms with Gasteiger partial charge in [0.2, 0.25) is 15.9 Å². The van der Waals surface area contributed by atoms with Gasteiger partial charge in [0.25, 0.3) is 0 Å². The second-order valence-corrected chi connectivity index (χ2v) is 9.80. The van der Waals surface area contributed by atoms with Gasteiger partial charge in [0, 0.05) is 45.3 Å². The van der Waals surface area contributed by atoms with Crippen LogP contribution in [0.15, 0.2) is 23.1 Å². The highest BCUT2D eigenvalue weighted by molar-refractivity contribution is 7.89. The van der Waals surface area contributed by atoms with Crippen LogP contribution in [0.3, 0.4) is 0 Å². The Labute approximate surface area is 181 Å². The van der Waals surface area contributed by atoms with Gasteiger partial charge >= 0.3 is 0 Å². The normalized spacial score (nSPS) is 15.7. The Morgan fingerprint density at radius 1 is 1.14 bits per heavy atom. The van der Waals surface area contributed by atoms with Crippen molar-refractivity contribution in [2.75, 3.05) is 26.2 Å². The molecule has 158 valence electrons. The van der Waals surface area contributed by atoms with Crippen molar-refractivity contribution in [1.82, 2.24) is 19.0 Å². The maximum atomic E-state index is 12.9. The first-order valence-corrected chi connectivity index (χ1v) is 11.5. The number of hydrogen-bond acceptors (Lipinski definition) is 4. The van der Waals surface area contributed by atoms with E-state index in [4.69, 9.17) is 23.2 Å². The Balaban J connectivity index is 1.61. The fourth-order valence-corrected chi connectivity index (χ4v) is 5.73. The number of amides is 1. The average Bonchev–Trinajstić information content (AvgIpc) is 2.93. The molecule has 2 heterocycles. The molecule has 3 rings (SSSR count). The molecule has 1 fully saturated rings. The van der Waals surface area contributed by atoms with Crippen LogP contribution < -0.4 is 0 Å². The number of halogens is 2. The van der Waals surface area contributed by atoms with Gasteiger partial charge < -0.3 is 4.90 Å². The predicted octanol–water partition coefficient (Wildman–Crippen LogP) is 2.81. The minimum absolute atomic E-state index is 0.00558. The molecule has 0 atom stereocenters. The van der Waals surface area contributed by atoms with E-state index < -0.39 is 10.0 Å². The molecule has 0 aliphatic carbocycles. The van der Waals surface area contributed by atoms with Crippen LogP contribution in [0.1, 0.15) is 23.4 Å². The molecular formula is C19H24Cl2N4O3S. The van der Waals surface area contributed by atoms with Crippen molar-refractivity contribution >= 4 is 39.1 Å². The topological polar surface area (TPSA) is 75.5 Å². The van der Waals surface area contributed by atoms with Gasteiger partial charge in [0.15, 0.2) is 0 Å². The van der Waals surface area contributed by atoms with Gasteiger partial charge in [-0.1, -0.05) is 29.3 Å². The van der Waals surface area contributed by atoms with Crippen LogP contribution >= 0.6 is 23.2 Å². The standard InChI is InChI=1S/C19H24Cl2N4O3S/c1-13-15(14(2)23(3)22-13)7-8-18(26)24-9-11-25(12-10-24)29(27,28)17-6-4-5-16(20)19(17)21/h4-6H,7-12H2,1-3H3. The summed E-state index contributed by atoms with van der Waals surface area (Å²) in [7, 11) is -1.87. The first-order valence-electron chi connectivity index (χ1n) is 9.34. The third-order valence-corrected chi connectivity index (χ3v) is 8.25. The van der Waals surface area contributed by atoms with E-state index in [1.54, 1.807) is 17.0 Å². The van der Waals surface area contributed by atoms with Crippen LogP contribution in [0.2, 0.25) is 10.0 Å². The van der Waals surface area contributed by atoms with Crippen LogP contribution in [0.5, 0.6) is 0 Å². The average molecular weight is 459 g/mol. The SMILES string of the molecule is Cc1nn(C)c(C)c1CCC(=O)N1CCN(S(=O)(=O)c2cccc(Cl)c2Cl)CC1. The van der Waals surface area contributed by atoms with E-state index in [9.17, 15) is 13.2 Å². The minimum Gasteiger partial charge on any atom is -0.340 e. The number of nitrogens with zero attached hydrogens (tertiary/aromatic N) is 4. The summed E-state index contributed by atoms with van der Waals surface area (Å²) in [6.45, 7) is 5.08. The number of piperazine rings is 1. The highest BCUT2D eigenvalue weighted by Gasteiger charge is 2.31. The molecule has 0 N–H and O–H groups in total. The quantitative estimate of drug-likeness (QED) is 0.689. The van der Waals surface area contributed by atoms with E-state index in [0.29, 0.717) is 25.9 Å². The first-order chi connectivity index (χ1) is 13.6. The number of carbonyl (C=O) groups is 1. The second-order valence-electron chi connectivity index (χ2n) is 7.11. The van der Waals surface area contributed by atoms with Gasteiger partial charge in [-0.05, 0) is 38.0 Å². The monoisotopic (exact) mass is 458 g/mol. The molecule has 1 aliphatic heterocycles. The number of aromatic nitrogens is 2. The third-order valence-electron chi connectivity index (χ3n) is 5.37. The summed E-state index contributed by atoms with van der Waals surface area (Å²) in [5.41, 5.74) is 3.09. The largest absolute Gasteiger partial charge is 0.340 e. The lowest BCUT2D eigenvalue weighted by molar-refractivity contribution is -0.132. The summed E-state index contributed by atoms with van der Waals surface area (Å²) in [6, 6.07) is 4.55. The fourth-order valence-electron chi connectivity index (χ4n) is 3.57. The van der Waals surface area contributed by atoms with Gasteiger partial charge in [-0.25, -0.2) is 8.42 Å². The van der Waals surface area contributed by atoms with Gasteiger partial charge in [-0.2, -0.15) is 9.40 Å². The van der Waals surface area contributed by atoms with E-state index in [2.05, 4.69) is 5.10 Å². The van der Waals surface area contributed by atoms with Crippen LogP contribution in [-0.2, 0) is 28.3 Å². The van der Waals surface area contributed by atoms with Crippen molar-refractivity contribution < 1.29 is 13.2 Å². The Morgan fingerprint density at radius 2 is 1.79 bits per heavy atom. The lowest BCUT2D eigenvalue weighted by atomic mass is 10.1. The number of rotatable bonds is 5. The second kappa shape index (κ2) is 8.63. The highest BCUT2D eigenvalue weighted by Crippen LogP contribution is 2.31. The molecule has 0 saturated carbocycles.